The maximum Gasteiger partial charge on any atom is 0.0242 e. The largest absolute Gasteiger partial charge is 0.312 e. The molecule has 76 valence electrons. The SMILES string of the molecule is CC(C)c1ccc(C(C)(C)C=N)cc1. The van der Waals surface area contributed by atoms with Gasteiger partial charge in [-0.25, -0.2) is 0 Å². The van der Waals surface area contributed by atoms with E-state index in [1.54, 1.807) is 0 Å². The zero-order chi connectivity index (χ0) is 10.8. The summed E-state index contributed by atoms with van der Waals surface area (Å²) >= 11 is 0. The molecule has 1 N–H and O–H groups in total. The summed E-state index contributed by atoms with van der Waals surface area (Å²) in [6.45, 7) is 8.50. The molecule has 1 nitrogen and oxygen atoms in total. The second-order valence-corrected chi connectivity index (χ2v) is 4.64. The average molecular weight is 189 g/mol. The van der Waals surface area contributed by atoms with E-state index in [9.17, 15) is 0 Å². The Morgan fingerprint density at radius 3 is 2.00 bits per heavy atom. The van der Waals surface area contributed by atoms with Crippen molar-refractivity contribution in [3.05, 3.63) is 35.4 Å². The van der Waals surface area contributed by atoms with Gasteiger partial charge in [-0.1, -0.05) is 52.0 Å². The minimum absolute atomic E-state index is 0.143. The molecule has 1 aromatic rings. The van der Waals surface area contributed by atoms with Crippen molar-refractivity contribution in [1.82, 2.24) is 0 Å². The summed E-state index contributed by atoms with van der Waals surface area (Å²) in [4.78, 5) is 0. The van der Waals surface area contributed by atoms with Gasteiger partial charge in [0, 0.05) is 11.6 Å². The molecule has 0 bridgehead atoms. The van der Waals surface area contributed by atoms with Crippen LogP contribution in [0.1, 0.15) is 44.7 Å². The van der Waals surface area contributed by atoms with E-state index in [2.05, 4.69) is 52.0 Å². The molecule has 0 aliphatic carbocycles. The van der Waals surface area contributed by atoms with Crippen LogP contribution in [0, 0.1) is 5.41 Å². The van der Waals surface area contributed by atoms with Crippen LogP contribution >= 0.6 is 0 Å². The van der Waals surface area contributed by atoms with Crippen molar-refractivity contribution in [1.29, 1.82) is 5.41 Å². The summed E-state index contributed by atoms with van der Waals surface area (Å²) in [7, 11) is 0. The molecular weight excluding hydrogens is 170 g/mol. The highest BCUT2D eigenvalue weighted by atomic mass is 14.4. The topological polar surface area (TPSA) is 23.9 Å². The third-order valence-corrected chi connectivity index (χ3v) is 2.68. The van der Waals surface area contributed by atoms with E-state index in [0.717, 1.165) is 0 Å². The fourth-order valence-corrected chi connectivity index (χ4v) is 1.38. The maximum atomic E-state index is 7.36. The van der Waals surface area contributed by atoms with Gasteiger partial charge in [0.2, 0.25) is 0 Å². The Bertz CT molecular complexity index is 307. The molecule has 0 amide bonds. The van der Waals surface area contributed by atoms with Gasteiger partial charge in [0.15, 0.2) is 0 Å². The van der Waals surface area contributed by atoms with Crippen molar-refractivity contribution < 1.29 is 0 Å². The quantitative estimate of drug-likeness (QED) is 0.700. The minimum Gasteiger partial charge on any atom is -0.312 e. The minimum atomic E-state index is -0.143. The molecule has 14 heavy (non-hydrogen) atoms. The molecule has 0 aromatic heterocycles. The summed E-state index contributed by atoms with van der Waals surface area (Å²) < 4.78 is 0. The van der Waals surface area contributed by atoms with Crippen LogP contribution in [0.2, 0.25) is 0 Å². The van der Waals surface area contributed by atoms with Gasteiger partial charge < -0.3 is 5.41 Å². The van der Waals surface area contributed by atoms with E-state index in [1.807, 2.05) is 0 Å². The van der Waals surface area contributed by atoms with Crippen LogP contribution in [0.25, 0.3) is 0 Å². The van der Waals surface area contributed by atoms with E-state index in [-0.39, 0.29) is 5.41 Å². The second kappa shape index (κ2) is 3.95. The smallest absolute Gasteiger partial charge is 0.0242 e. The first-order valence-corrected chi connectivity index (χ1v) is 5.09. The van der Waals surface area contributed by atoms with Crippen LogP contribution in [0.5, 0.6) is 0 Å². The van der Waals surface area contributed by atoms with Gasteiger partial charge in [0.1, 0.15) is 0 Å². The van der Waals surface area contributed by atoms with Crippen molar-refractivity contribution >= 4 is 6.21 Å². The lowest BCUT2D eigenvalue weighted by molar-refractivity contribution is 0.729. The van der Waals surface area contributed by atoms with E-state index in [4.69, 9.17) is 5.41 Å². The summed E-state index contributed by atoms with van der Waals surface area (Å²) in [6, 6.07) is 8.57. The normalized spacial score (nSPS) is 11.8. The summed E-state index contributed by atoms with van der Waals surface area (Å²) in [6.07, 6.45) is 1.50. The van der Waals surface area contributed by atoms with Gasteiger partial charge in [0.05, 0.1) is 0 Å². The van der Waals surface area contributed by atoms with Crippen LogP contribution in [-0.4, -0.2) is 6.21 Å². The highest BCUT2D eigenvalue weighted by Gasteiger charge is 2.16. The maximum absolute atomic E-state index is 7.36. The molecule has 1 heteroatoms. The number of benzene rings is 1. The second-order valence-electron chi connectivity index (χ2n) is 4.64. The average Bonchev–Trinajstić information content (AvgIpc) is 2.18. The fraction of sp³-hybridized carbons (Fsp3) is 0.462. The molecule has 0 aliphatic heterocycles. The van der Waals surface area contributed by atoms with Gasteiger partial charge in [0.25, 0.3) is 0 Å². The van der Waals surface area contributed by atoms with Gasteiger partial charge in [-0.2, -0.15) is 0 Å². The Hall–Kier alpha value is -1.11. The third kappa shape index (κ3) is 2.22. The Kier molecular flexibility index (Phi) is 3.10. The van der Waals surface area contributed by atoms with Crippen LogP contribution in [0.3, 0.4) is 0 Å². The first-order valence-electron chi connectivity index (χ1n) is 5.09. The molecule has 0 spiro atoms. The molecule has 0 radical (unpaired) electrons. The van der Waals surface area contributed by atoms with Crippen LogP contribution in [0.15, 0.2) is 24.3 Å². The van der Waals surface area contributed by atoms with Crippen molar-refractivity contribution in [2.24, 2.45) is 0 Å². The molecule has 0 unspecified atom stereocenters. The lowest BCUT2D eigenvalue weighted by Gasteiger charge is -2.19. The fourth-order valence-electron chi connectivity index (χ4n) is 1.38. The number of hydrogen-bond acceptors (Lipinski definition) is 1. The lowest BCUT2D eigenvalue weighted by Crippen LogP contribution is -2.18. The molecule has 0 fully saturated rings. The first-order chi connectivity index (χ1) is 6.47. The van der Waals surface area contributed by atoms with Crippen molar-refractivity contribution in [2.75, 3.05) is 0 Å². The van der Waals surface area contributed by atoms with Crippen molar-refractivity contribution in [2.45, 2.75) is 39.0 Å². The summed E-state index contributed by atoms with van der Waals surface area (Å²) in [5.41, 5.74) is 2.42. The molecular formula is C13H19N. The number of rotatable bonds is 3. The van der Waals surface area contributed by atoms with Crippen molar-refractivity contribution in [3.8, 4) is 0 Å². The predicted molar refractivity (Wildman–Crippen MR) is 62.3 cm³/mol. The monoisotopic (exact) mass is 189 g/mol. The van der Waals surface area contributed by atoms with Crippen LogP contribution in [-0.2, 0) is 5.41 Å². The summed E-state index contributed by atoms with van der Waals surface area (Å²) in [5.74, 6) is 0.576. The molecule has 0 saturated heterocycles. The predicted octanol–water partition coefficient (Wildman–Crippen LogP) is 3.74. The van der Waals surface area contributed by atoms with Gasteiger partial charge in [-0.05, 0) is 17.0 Å². The standard InChI is InChI=1S/C13H19N/c1-10(2)11-5-7-12(8-6-11)13(3,4)9-14/h5-10,14H,1-4H3. The molecule has 0 heterocycles. The Labute approximate surface area is 86.7 Å². The zero-order valence-electron chi connectivity index (χ0n) is 9.46. The molecule has 1 aromatic carbocycles. The van der Waals surface area contributed by atoms with E-state index < -0.39 is 0 Å². The molecule has 0 saturated carbocycles. The lowest BCUT2D eigenvalue weighted by atomic mass is 9.85. The first kappa shape index (κ1) is 11.0. The molecule has 0 aliphatic rings. The van der Waals surface area contributed by atoms with E-state index in [1.165, 1.54) is 17.3 Å². The third-order valence-electron chi connectivity index (χ3n) is 2.68. The highest BCUT2D eigenvalue weighted by molar-refractivity contribution is 5.69. The van der Waals surface area contributed by atoms with Gasteiger partial charge in [-0.3, -0.25) is 0 Å². The van der Waals surface area contributed by atoms with Gasteiger partial charge >= 0.3 is 0 Å². The zero-order valence-corrected chi connectivity index (χ0v) is 9.46. The Morgan fingerprint density at radius 2 is 1.64 bits per heavy atom. The molecule has 0 atom stereocenters. The van der Waals surface area contributed by atoms with Crippen LogP contribution in [0.4, 0.5) is 0 Å². The van der Waals surface area contributed by atoms with Crippen molar-refractivity contribution in [3.63, 3.8) is 0 Å². The summed E-state index contributed by atoms with van der Waals surface area (Å²) in [5, 5.41) is 7.36. The van der Waals surface area contributed by atoms with Crippen LogP contribution < -0.4 is 0 Å². The molecule has 1 rings (SSSR count). The van der Waals surface area contributed by atoms with Gasteiger partial charge in [-0.15, -0.1) is 0 Å². The highest BCUT2D eigenvalue weighted by Crippen LogP contribution is 2.23. The Balaban J connectivity index is 2.99. The Morgan fingerprint density at radius 1 is 1.14 bits per heavy atom. The van der Waals surface area contributed by atoms with E-state index >= 15 is 0 Å². The number of hydrogen-bond donors (Lipinski definition) is 1. The van der Waals surface area contributed by atoms with E-state index in [0.29, 0.717) is 5.92 Å². The number of nitrogens with one attached hydrogen (secondary N) is 1.